The van der Waals surface area contributed by atoms with E-state index in [-0.39, 0.29) is 23.2 Å². The van der Waals surface area contributed by atoms with Gasteiger partial charge in [-0.25, -0.2) is 19.3 Å². The Labute approximate surface area is 190 Å². The first-order chi connectivity index (χ1) is 15.7. The van der Waals surface area contributed by atoms with Gasteiger partial charge in [-0.15, -0.1) is 0 Å². The zero-order valence-electron chi connectivity index (χ0n) is 16.7. The lowest BCUT2D eigenvalue weighted by Gasteiger charge is -2.15. The molecule has 1 atom stereocenters. The molecule has 33 heavy (non-hydrogen) atoms. The lowest BCUT2D eigenvalue weighted by atomic mass is 10.1. The minimum atomic E-state index is -4.48. The van der Waals surface area contributed by atoms with E-state index in [1.807, 2.05) is 0 Å². The summed E-state index contributed by atoms with van der Waals surface area (Å²) in [5, 5.41) is 3.10. The summed E-state index contributed by atoms with van der Waals surface area (Å²) < 4.78 is 51.7. The van der Waals surface area contributed by atoms with Crippen LogP contribution in [-0.4, -0.2) is 31.5 Å². The Morgan fingerprint density at radius 3 is 2.52 bits per heavy atom. The first-order valence-corrected chi connectivity index (χ1v) is 9.95. The van der Waals surface area contributed by atoms with E-state index < -0.39 is 23.6 Å². The number of H-pyrrole nitrogens is 1. The maximum absolute atomic E-state index is 13.5. The monoisotopic (exact) mass is 477 g/mol. The van der Waals surface area contributed by atoms with Crippen LogP contribution in [0.3, 0.4) is 0 Å². The number of pyridine rings is 1. The molecule has 0 saturated heterocycles. The van der Waals surface area contributed by atoms with Gasteiger partial charge in [-0.1, -0.05) is 11.6 Å². The summed E-state index contributed by atoms with van der Waals surface area (Å²) in [6, 6.07) is 5.34. The van der Waals surface area contributed by atoms with Crippen LogP contribution >= 0.6 is 11.6 Å². The number of nitrogens with one attached hydrogen (secondary N) is 2. The maximum Gasteiger partial charge on any atom is 0.417 e. The van der Waals surface area contributed by atoms with Crippen LogP contribution in [0.15, 0.2) is 55.1 Å². The van der Waals surface area contributed by atoms with Crippen molar-refractivity contribution in [2.75, 3.05) is 11.9 Å². The van der Waals surface area contributed by atoms with E-state index in [2.05, 4.69) is 30.2 Å². The minimum Gasteiger partial charge on any atom is -0.352 e. The molecular weight excluding hydrogens is 462 g/mol. The van der Waals surface area contributed by atoms with Crippen molar-refractivity contribution in [3.8, 4) is 22.6 Å². The molecule has 0 bridgehead atoms. The summed E-state index contributed by atoms with van der Waals surface area (Å²) >= 11 is 6.24. The number of benzene rings is 1. The number of hydrogen-bond donors (Lipinski definition) is 3. The van der Waals surface area contributed by atoms with Crippen LogP contribution in [0.4, 0.5) is 23.5 Å². The number of aromatic amines is 1. The fourth-order valence-corrected chi connectivity index (χ4v) is 3.29. The fraction of sp³-hybridized carbons (Fsp3) is 0.143. The molecule has 0 aliphatic rings. The molecule has 7 nitrogen and oxygen atoms in total. The second-order valence-electron chi connectivity index (χ2n) is 6.97. The Bertz CT molecular complexity index is 1240. The fourth-order valence-electron chi connectivity index (χ4n) is 3.04. The van der Waals surface area contributed by atoms with Crippen molar-refractivity contribution in [1.82, 2.24) is 24.9 Å². The third-order valence-electron chi connectivity index (χ3n) is 4.70. The molecule has 4 aromatic rings. The van der Waals surface area contributed by atoms with Gasteiger partial charge in [0.25, 0.3) is 0 Å². The Morgan fingerprint density at radius 1 is 1.06 bits per heavy atom. The third-order valence-corrected chi connectivity index (χ3v) is 5.01. The average molecular weight is 478 g/mol. The van der Waals surface area contributed by atoms with Crippen molar-refractivity contribution in [3.63, 3.8) is 0 Å². The molecule has 170 valence electrons. The van der Waals surface area contributed by atoms with Crippen molar-refractivity contribution in [2.24, 2.45) is 5.73 Å². The maximum atomic E-state index is 13.5. The summed E-state index contributed by atoms with van der Waals surface area (Å²) in [6.45, 7) is 0.0923. The molecule has 0 amide bonds. The van der Waals surface area contributed by atoms with Crippen LogP contribution in [0, 0.1) is 5.82 Å². The van der Waals surface area contributed by atoms with E-state index in [0.29, 0.717) is 22.6 Å². The average Bonchev–Trinajstić information content (AvgIpc) is 3.31. The van der Waals surface area contributed by atoms with E-state index in [4.69, 9.17) is 17.3 Å². The highest BCUT2D eigenvalue weighted by Gasteiger charge is 2.30. The molecule has 12 heteroatoms. The van der Waals surface area contributed by atoms with Gasteiger partial charge in [0.05, 0.1) is 33.6 Å². The topological polar surface area (TPSA) is 105 Å². The zero-order valence-corrected chi connectivity index (χ0v) is 17.5. The molecule has 0 fully saturated rings. The minimum absolute atomic E-state index is 0.0923. The first kappa shape index (κ1) is 22.6. The van der Waals surface area contributed by atoms with Crippen molar-refractivity contribution < 1.29 is 17.6 Å². The van der Waals surface area contributed by atoms with Gasteiger partial charge in [-0.2, -0.15) is 13.2 Å². The van der Waals surface area contributed by atoms with Crippen LogP contribution in [-0.2, 0) is 6.18 Å². The van der Waals surface area contributed by atoms with Gasteiger partial charge in [-0.3, -0.25) is 4.98 Å². The molecule has 0 aliphatic carbocycles. The van der Waals surface area contributed by atoms with Gasteiger partial charge in [0, 0.05) is 36.9 Å². The Balaban J connectivity index is 1.58. The number of alkyl halides is 3. The predicted molar refractivity (Wildman–Crippen MR) is 115 cm³/mol. The summed E-state index contributed by atoms with van der Waals surface area (Å²) in [6.07, 6.45) is 0.973. The van der Waals surface area contributed by atoms with Crippen molar-refractivity contribution in [1.29, 1.82) is 0 Å². The molecule has 4 N–H and O–H groups in total. The van der Waals surface area contributed by atoms with E-state index in [1.54, 1.807) is 12.4 Å². The number of imidazole rings is 1. The molecule has 0 radical (unpaired) electrons. The Hall–Kier alpha value is -3.57. The second-order valence-corrected chi connectivity index (χ2v) is 7.38. The number of nitrogens with two attached hydrogens (primary N) is 1. The standard InChI is InChI=1S/C21H16ClF4N7/c22-15-7-12(23)2-3-13(15)18-14(19-28-5-6-29-19)9-31-20(33-18)32-10-16(27)17-4-1-11(8-30-17)21(24,25)26/h1-9,16H,10,27H2,(H,28,29)(H,31,32,33). The van der Waals surface area contributed by atoms with Crippen LogP contribution in [0.5, 0.6) is 0 Å². The van der Waals surface area contributed by atoms with Crippen LogP contribution in [0.25, 0.3) is 22.6 Å². The lowest BCUT2D eigenvalue weighted by Crippen LogP contribution is -2.23. The molecule has 4 rings (SSSR count). The van der Waals surface area contributed by atoms with Gasteiger partial charge in [-0.05, 0) is 30.3 Å². The highest BCUT2D eigenvalue weighted by molar-refractivity contribution is 6.33. The normalized spacial score (nSPS) is 12.5. The lowest BCUT2D eigenvalue weighted by molar-refractivity contribution is -0.137. The first-order valence-electron chi connectivity index (χ1n) is 9.57. The summed E-state index contributed by atoms with van der Waals surface area (Å²) in [4.78, 5) is 19.7. The molecule has 3 heterocycles. The molecular formula is C21H16ClF4N7. The quantitative estimate of drug-likeness (QED) is 0.343. The Kier molecular flexibility index (Phi) is 6.25. The van der Waals surface area contributed by atoms with Crippen LogP contribution < -0.4 is 11.1 Å². The zero-order chi connectivity index (χ0) is 23.6. The third kappa shape index (κ3) is 5.10. The molecule has 0 spiro atoms. The predicted octanol–water partition coefficient (Wildman–Crippen LogP) is 4.85. The van der Waals surface area contributed by atoms with Gasteiger partial charge >= 0.3 is 6.18 Å². The van der Waals surface area contributed by atoms with Crippen molar-refractivity contribution >= 4 is 17.5 Å². The van der Waals surface area contributed by atoms with E-state index in [0.717, 1.165) is 12.3 Å². The summed E-state index contributed by atoms with van der Waals surface area (Å²) in [5.41, 5.74) is 6.86. The van der Waals surface area contributed by atoms with Gasteiger partial charge in [0.1, 0.15) is 11.6 Å². The number of anilines is 1. The van der Waals surface area contributed by atoms with Gasteiger partial charge < -0.3 is 16.0 Å². The number of aromatic nitrogens is 5. The van der Waals surface area contributed by atoms with Gasteiger partial charge in [0.2, 0.25) is 5.95 Å². The van der Waals surface area contributed by atoms with Crippen molar-refractivity contribution in [2.45, 2.75) is 12.2 Å². The number of rotatable bonds is 6. The van der Waals surface area contributed by atoms with Crippen LogP contribution in [0.2, 0.25) is 5.02 Å². The SMILES string of the molecule is NC(CNc1ncc(-c2ncc[nH]2)c(-c2ccc(F)cc2Cl)n1)c1ccc(C(F)(F)F)cn1. The second kappa shape index (κ2) is 9.12. The molecule has 3 aromatic heterocycles. The number of halogens is 5. The molecule has 0 aliphatic heterocycles. The summed E-state index contributed by atoms with van der Waals surface area (Å²) in [7, 11) is 0. The smallest absolute Gasteiger partial charge is 0.352 e. The highest BCUT2D eigenvalue weighted by Crippen LogP contribution is 2.34. The van der Waals surface area contributed by atoms with E-state index in [9.17, 15) is 17.6 Å². The number of nitrogens with zero attached hydrogens (tertiary/aromatic N) is 4. The highest BCUT2D eigenvalue weighted by atomic mass is 35.5. The van der Waals surface area contributed by atoms with E-state index >= 15 is 0 Å². The van der Waals surface area contributed by atoms with Crippen LogP contribution in [0.1, 0.15) is 17.3 Å². The van der Waals surface area contributed by atoms with E-state index in [1.165, 1.54) is 30.5 Å². The summed E-state index contributed by atoms with van der Waals surface area (Å²) in [5.74, 6) is 0.177. The van der Waals surface area contributed by atoms with Gasteiger partial charge in [0.15, 0.2) is 0 Å². The Morgan fingerprint density at radius 2 is 1.88 bits per heavy atom. The molecule has 1 unspecified atom stereocenters. The number of hydrogen-bond acceptors (Lipinski definition) is 6. The largest absolute Gasteiger partial charge is 0.417 e. The molecule has 1 aromatic carbocycles. The van der Waals surface area contributed by atoms with Crippen molar-refractivity contribution in [3.05, 3.63) is 77.2 Å². The molecule has 0 saturated carbocycles.